The highest BCUT2D eigenvalue weighted by atomic mass is 32.2. The van der Waals surface area contributed by atoms with Gasteiger partial charge in [0.2, 0.25) is 0 Å². The molecule has 4 heteroatoms. The molecule has 0 aromatic rings. The second-order valence-corrected chi connectivity index (χ2v) is 2.56. The third-order valence-corrected chi connectivity index (χ3v) is 1.27. The van der Waals surface area contributed by atoms with Gasteiger partial charge in [0.1, 0.15) is 0 Å². The number of aliphatic hydroxyl groups is 1. The summed E-state index contributed by atoms with van der Waals surface area (Å²) in [4.78, 5) is 3.85. The van der Waals surface area contributed by atoms with Gasteiger partial charge in [-0.2, -0.15) is 0 Å². The maximum Gasteiger partial charge on any atom is 0.153 e. The number of amidine groups is 1. The molecule has 0 rings (SSSR count). The van der Waals surface area contributed by atoms with E-state index in [1.54, 1.807) is 6.92 Å². The highest BCUT2D eigenvalue weighted by Crippen LogP contribution is 1.91. The Balaban J connectivity index is 3.43. The van der Waals surface area contributed by atoms with E-state index in [0.717, 1.165) is 0 Å². The molecular formula is C5H12N2OS. The number of rotatable bonds is 2. The first-order chi connectivity index (χ1) is 4.16. The van der Waals surface area contributed by atoms with Crippen molar-refractivity contribution in [3.8, 4) is 0 Å². The zero-order chi connectivity index (χ0) is 7.28. The average Bonchev–Trinajstić information content (AvgIpc) is 1.83. The minimum absolute atomic E-state index is 0.393. The van der Waals surface area contributed by atoms with Gasteiger partial charge in [-0.05, 0) is 13.2 Å². The van der Waals surface area contributed by atoms with Crippen LogP contribution in [0.3, 0.4) is 0 Å². The van der Waals surface area contributed by atoms with E-state index in [1.807, 2.05) is 6.26 Å². The van der Waals surface area contributed by atoms with E-state index in [9.17, 15) is 0 Å². The van der Waals surface area contributed by atoms with Gasteiger partial charge in [0, 0.05) is 0 Å². The average molecular weight is 148 g/mol. The maximum atomic E-state index is 8.72. The number of aliphatic imine (C=N–C) groups is 1. The van der Waals surface area contributed by atoms with Crippen molar-refractivity contribution in [2.24, 2.45) is 10.7 Å². The molecule has 0 fully saturated rings. The lowest BCUT2D eigenvalue weighted by molar-refractivity contribution is 0.204. The lowest BCUT2D eigenvalue weighted by Crippen LogP contribution is -2.11. The van der Waals surface area contributed by atoms with Crippen LogP contribution in [-0.4, -0.2) is 29.2 Å². The maximum absolute atomic E-state index is 8.72. The van der Waals surface area contributed by atoms with Gasteiger partial charge in [-0.25, -0.2) is 0 Å². The van der Waals surface area contributed by atoms with Gasteiger partial charge < -0.3 is 10.8 Å². The number of hydrogen-bond donors (Lipinski definition) is 2. The van der Waals surface area contributed by atoms with E-state index in [4.69, 9.17) is 10.8 Å². The van der Waals surface area contributed by atoms with Crippen LogP contribution in [0, 0.1) is 0 Å². The summed E-state index contributed by atoms with van der Waals surface area (Å²) in [5, 5.41) is 9.25. The Bertz CT molecular complexity index is 103. The molecule has 0 aliphatic carbocycles. The summed E-state index contributed by atoms with van der Waals surface area (Å²) < 4.78 is 0. The van der Waals surface area contributed by atoms with Crippen molar-refractivity contribution in [2.45, 2.75) is 13.0 Å². The van der Waals surface area contributed by atoms with Gasteiger partial charge in [0.15, 0.2) is 5.17 Å². The topological polar surface area (TPSA) is 58.6 Å². The minimum atomic E-state index is -0.393. The van der Waals surface area contributed by atoms with E-state index in [0.29, 0.717) is 11.7 Å². The number of nitrogens with two attached hydrogens (primary N) is 1. The molecule has 9 heavy (non-hydrogen) atoms. The van der Waals surface area contributed by atoms with E-state index in [-0.39, 0.29) is 0 Å². The molecule has 0 aliphatic rings. The fraction of sp³-hybridized carbons (Fsp3) is 0.800. The third-order valence-electron chi connectivity index (χ3n) is 0.720. The van der Waals surface area contributed by atoms with Crippen LogP contribution >= 0.6 is 11.8 Å². The van der Waals surface area contributed by atoms with Crippen LogP contribution in [0.25, 0.3) is 0 Å². The lowest BCUT2D eigenvalue weighted by Gasteiger charge is -1.98. The van der Waals surface area contributed by atoms with E-state index < -0.39 is 6.10 Å². The van der Waals surface area contributed by atoms with Crippen LogP contribution in [0.2, 0.25) is 0 Å². The zero-order valence-electron chi connectivity index (χ0n) is 5.66. The number of hydrogen-bond acceptors (Lipinski definition) is 3. The first-order valence-corrected chi connectivity index (χ1v) is 3.91. The first kappa shape index (κ1) is 8.78. The Morgan fingerprint density at radius 3 is 2.78 bits per heavy atom. The Hall–Kier alpha value is -0.220. The normalized spacial score (nSPS) is 15.7. The summed E-state index contributed by atoms with van der Waals surface area (Å²) in [6.45, 7) is 2.07. The molecule has 0 bridgehead atoms. The van der Waals surface area contributed by atoms with E-state index in [1.165, 1.54) is 11.8 Å². The molecule has 1 unspecified atom stereocenters. The van der Waals surface area contributed by atoms with Crippen LogP contribution in [-0.2, 0) is 0 Å². The fourth-order valence-corrected chi connectivity index (χ4v) is 0.490. The quantitative estimate of drug-likeness (QED) is 0.429. The molecule has 0 spiro atoms. The van der Waals surface area contributed by atoms with Crippen LogP contribution in [0.15, 0.2) is 4.99 Å². The summed E-state index contributed by atoms with van der Waals surface area (Å²) >= 11 is 1.38. The largest absolute Gasteiger partial charge is 0.391 e. The van der Waals surface area contributed by atoms with Crippen molar-refractivity contribution in [2.75, 3.05) is 12.8 Å². The monoisotopic (exact) mass is 148 g/mol. The molecule has 0 aromatic heterocycles. The van der Waals surface area contributed by atoms with Crippen molar-refractivity contribution in [1.29, 1.82) is 0 Å². The fourth-order valence-electron chi connectivity index (χ4n) is 0.287. The van der Waals surface area contributed by atoms with Crippen LogP contribution in [0.1, 0.15) is 6.92 Å². The smallest absolute Gasteiger partial charge is 0.153 e. The van der Waals surface area contributed by atoms with Crippen molar-refractivity contribution >= 4 is 16.9 Å². The summed E-state index contributed by atoms with van der Waals surface area (Å²) in [5.74, 6) is 0. The van der Waals surface area contributed by atoms with Crippen LogP contribution < -0.4 is 5.73 Å². The number of thioether (sulfide) groups is 1. The molecule has 0 amide bonds. The first-order valence-electron chi connectivity index (χ1n) is 2.68. The Kier molecular flexibility index (Phi) is 4.53. The van der Waals surface area contributed by atoms with E-state index >= 15 is 0 Å². The van der Waals surface area contributed by atoms with Gasteiger partial charge in [0.25, 0.3) is 0 Å². The second-order valence-electron chi connectivity index (χ2n) is 1.73. The van der Waals surface area contributed by atoms with Gasteiger partial charge in [-0.3, -0.25) is 4.99 Å². The summed E-state index contributed by atoms with van der Waals surface area (Å²) in [6, 6.07) is 0. The molecule has 0 saturated carbocycles. The van der Waals surface area contributed by atoms with E-state index in [2.05, 4.69) is 4.99 Å². The summed E-state index contributed by atoms with van der Waals surface area (Å²) in [5.41, 5.74) is 5.32. The molecule has 1 atom stereocenters. The van der Waals surface area contributed by atoms with Gasteiger partial charge >= 0.3 is 0 Å². The second kappa shape index (κ2) is 4.64. The lowest BCUT2D eigenvalue weighted by atomic mass is 10.4. The highest BCUT2D eigenvalue weighted by Gasteiger charge is 1.91. The molecule has 0 aliphatic heterocycles. The Morgan fingerprint density at radius 2 is 2.44 bits per heavy atom. The predicted octanol–water partition coefficient (Wildman–Crippen LogP) is 0.0449. The SMILES string of the molecule is CSC(N)=NCC(C)O. The molecule has 0 radical (unpaired) electrons. The molecule has 3 N–H and O–H groups in total. The van der Waals surface area contributed by atoms with Crippen molar-refractivity contribution in [3.63, 3.8) is 0 Å². The van der Waals surface area contributed by atoms with Crippen molar-refractivity contribution in [1.82, 2.24) is 0 Å². The molecule has 0 saturated heterocycles. The standard InChI is InChI=1S/C5H12N2OS/c1-4(8)3-7-5(6)9-2/h4,8H,3H2,1-2H3,(H2,6,7). The molecule has 0 aromatic carbocycles. The van der Waals surface area contributed by atoms with Crippen LogP contribution in [0.4, 0.5) is 0 Å². The van der Waals surface area contributed by atoms with Gasteiger partial charge in [0.05, 0.1) is 12.6 Å². The number of nitrogens with zero attached hydrogens (tertiary/aromatic N) is 1. The number of aliphatic hydroxyl groups excluding tert-OH is 1. The summed E-state index contributed by atoms with van der Waals surface area (Å²) in [6.07, 6.45) is 1.46. The molecule has 3 nitrogen and oxygen atoms in total. The van der Waals surface area contributed by atoms with Crippen molar-refractivity contribution < 1.29 is 5.11 Å². The highest BCUT2D eigenvalue weighted by molar-refractivity contribution is 8.13. The third kappa shape index (κ3) is 5.65. The Morgan fingerprint density at radius 1 is 1.89 bits per heavy atom. The van der Waals surface area contributed by atoms with Crippen molar-refractivity contribution in [3.05, 3.63) is 0 Å². The minimum Gasteiger partial charge on any atom is -0.391 e. The van der Waals surface area contributed by atoms with Gasteiger partial charge in [-0.15, -0.1) is 0 Å². The zero-order valence-corrected chi connectivity index (χ0v) is 6.48. The van der Waals surface area contributed by atoms with Crippen LogP contribution in [0.5, 0.6) is 0 Å². The summed E-state index contributed by atoms with van der Waals surface area (Å²) in [7, 11) is 0. The predicted molar refractivity (Wildman–Crippen MR) is 41.7 cm³/mol. The molecular weight excluding hydrogens is 136 g/mol. The van der Waals surface area contributed by atoms with Gasteiger partial charge in [-0.1, -0.05) is 11.8 Å². The molecule has 0 heterocycles. The Labute approximate surface area is 59.4 Å². The molecule has 54 valence electrons.